The van der Waals surface area contributed by atoms with Crippen molar-refractivity contribution in [3.63, 3.8) is 0 Å². The van der Waals surface area contributed by atoms with Gasteiger partial charge < -0.3 is 20.4 Å². The molecule has 2 amide bonds. The Bertz CT molecular complexity index is 488. The highest BCUT2D eigenvalue weighted by Gasteiger charge is 2.38. The average molecular weight is 269 g/mol. The van der Waals surface area contributed by atoms with E-state index >= 15 is 0 Å². The van der Waals surface area contributed by atoms with Crippen LogP contribution in [-0.2, 0) is 18.4 Å². The molecule has 1 saturated heterocycles. The summed E-state index contributed by atoms with van der Waals surface area (Å²) in [6.45, 7) is 0.122. The summed E-state index contributed by atoms with van der Waals surface area (Å²) in [7, 11) is 1.70. The standard InChI is InChI=1S/C10H15N5O4/c1-14-5-12-8(13-14)3-11-10(19)15-4-6(16)2-7(15)9(17)18/h5-7,16H,2-4H2,1H3,(H,11,19)(H,17,18)/t6?,7-/m0/s1. The maximum atomic E-state index is 11.9. The maximum Gasteiger partial charge on any atom is 0.326 e. The van der Waals surface area contributed by atoms with E-state index in [4.69, 9.17) is 5.11 Å². The lowest BCUT2D eigenvalue weighted by atomic mass is 10.2. The third-order valence-corrected chi connectivity index (χ3v) is 2.87. The number of aryl methyl sites for hydroxylation is 1. The maximum absolute atomic E-state index is 11.9. The molecule has 2 atom stereocenters. The summed E-state index contributed by atoms with van der Waals surface area (Å²) in [6.07, 6.45) is 0.742. The van der Waals surface area contributed by atoms with Crippen molar-refractivity contribution in [2.45, 2.75) is 25.1 Å². The van der Waals surface area contributed by atoms with Crippen LogP contribution >= 0.6 is 0 Å². The van der Waals surface area contributed by atoms with E-state index in [-0.39, 0.29) is 19.5 Å². The van der Waals surface area contributed by atoms with Crippen LogP contribution < -0.4 is 5.32 Å². The molecule has 1 aromatic rings. The number of aliphatic carboxylic acids is 1. The Labute approximate surface area is 108 Å². The Kier molecular flexibility index (Phi) is 3.65. The molecule has 0 aliphatic carbocycles. The summed E-state index contributed by atoms with van der Waals surface area (Å²) in [5.41, 5.74) is 0. The predicted octanol–water partition coefficient (Wildman–Crippen LogP) is -1.46. The van der Waals surface area contributed by atoms with E-state index in [1.54, 1.807) is 7.05 Å². The fourth-order valence-corrected chi connectivity index (χ4v) is 1.99. The lowest BCUT2D eigenvalue weighted by Gasteiger charge is -2.21. The molecule has 0 bridgehead atoms. The van der Waals surface area contributed by atoms with Crippen molar-refractivity contribution in [3.05, 3.63) is 12.2 Å². The lowest BCUT2D eigenvalue weighted by molar-refractivity contribution is -0.141. The van der Waals surface area contributed by atoms with Gasteiger partial charge in [0.1, 0.15) is 12.4 Å². The number of urea groups is 1. The Morgan fingerprint density at radius 3 is 2.89 bits per heavy atom. The third-order valence-electron chi connectivity index (χ3n) is 2.87. The molecule has 2 rings (SSSR count). The summed E-state index contributed by atoms with van der Waals surface area (Å²) in [5, 5.41) is 24.9. The largest absolute Gasteiger partial charge is 0.480 e. The number of carboxylic acids is 1. The van der Waals surface area contributed by atoms with Crippen LogP contribution in [0.15, 0.2) is 6.33 Å². The van der Waals surface area contributed by atoms with Gasteiger partial charge in [0.05, 0.1) is 12.6 Å². The summed E-state index contributed by atoms with van der Waals surface area (Å²) < 4.78 is 1.50. The Hall–Kier alpha value is -2.16. The molecule has 1 aromatic heterocycles. The number of hydrogen-bond acceptors (Lipinski definition) is 5. The number of amides is 2. The minimum atomic E-state index is -1.12. The molecular weight excluding hydrogens is 254 g/mol. The van der Waals surface area contributed by atoms with Gasteiger partial charge in [-0.1, -0.05) is 0 Å². The van der Waals surface area contributed by atoms with E-state index in [9.17, 15) is 14.7 Å². The lowest BCUT2D eigenvalue weighted by Crippen LogP contribution is -2.46. The van der Waals surface area contributed by atoms with Crippen molar-refractivity contribution in [1.29, 1.82) is 0 Å². The number of carboxylic acid groups (broad SMARTS) is 1. The van der Waals surface area contributed by atoms with E-state index in [0.717, 1.165) is 4.90 Å². The number of nitrogens with one attached hydrogen (secondary N) is 1. The minimum absolute atomic E-state index is 0.0123. The van der Waals surface area contributed by atoms with E-state index < -0.39 is 24.1 Å². The van der Waals surface area contributed by atoms with Gasteiger partial charge in [0.25, 0.3) is 0 Å². The Balaban J connectivity index is 1.93. The second-order valence-corrected chi connectivity index (χ2v) is 4.39. The molecule has 3 N–H and O–H groups in total. The number of rotatable bonds is 3. The summed E-state index contributed by atoms with van der Waals surface area (Å²) in [4.78, 5) is 27.9. The molecular formula is C10H15N5O4. The minimum Gasteiger partial charge on any atom is -0.480 e. The molecule has 0 radical (unpaired) electrons. The molecule has 0 spiro atoms. The number of carbonyl (C=O) groups is 2. The van der Waals surface area contributed by atoms with Crippen LogP contribution in [0.5, 0.6) is 0 Å². The number of nitrogens with zero attached hydrogens (tertiary/aromatic N) is 4. The quantitative estimate of drug-likeness (QED) is 0.617. The summed E-state index contributed by atoms with van der Waals surface area (Å²) in [5.74, 6) is -0.690. The van der Waals surface area contributed by atoms with Crippen molar-refractivity contribution < 1.29 is 19.8 Å². The van der Waals surface area contributed by atoms with Crippen LogP contribution in [0.4, 0.5) is 4.79 Å². The van der Waals surface area contributed by atoms with Crippen molar-refractivity contribution in [3.8, 4) is 0 Å². The fraction of sp³-hybridized carbons (Fsp3) is 0.600. The SMILES string of the molecule is Cn1cnc(CNC(=O)N2CC(O)C[C@H]2C(=O)O)n1. The molecule has 9 nitrogen and oxygen atoms in total. The molecule has 1 fully saturated rings. The van der Waals surface area contributed by atoms with Gasteiger partial charge in [-0.2, -0.15) is 5.10 Å². The Morgan fingerprint density at radius 2 is 2.32 bits per heavy atom. The number of β-amino-alcohol motifs (C(OH)–C–C–N with tert-alkyl or cyclic N) is 1. The van der Waals surface area contributed by atoms with Gasteiger partial charge in [0.15, 0.2) is 5.82 Å². The number of aliphatic hydroxyl groups excluding tert-OH is 1. The summed E-state index contributed by atoms with van der Waals surface area (Å²) >= 11 is 0. The molecule has 1 aliphatic rings. The molecule has 1 aliphatic heterocycles. The second-order valence-electron chi connectivity index (χ2n) is 4.39. The van der Waals surface area contributed by atoms with Crippen LogP contribution in [-0.4, -0.2) is 60.6 Å². The first-order valence-corrected chi connectivity index (χ1v) is 5.77. The van der Waals surface area contributed by atoms with Gasteiger partial charge in [-0.25, -0.2) is 14.6 Å². The molecule has 2 heterocycles. The van der Waals surface area contributed by atoms with E-state index in [1.165, 1.54) is 11.0 Å². The molecule has 9 heteroatoms. The summed E-state index contributed by atoms with van der Waals surface area (Å²) in [6, 6.07) is -1.54. The topological polar surface area (TPSA) is 121 Å². The van der Waals surface area contributed by atoms with Crippen molar-refractivity contribution in [2.24, 2.45) is 7.05 Å². The fourth-order valence-electron chi connectivity index (χ4n) is 1.99. The average Bonchev–Trinajstić information content (AvgIpc) is 2.92. The third kappa shape index (κ3) is 2.99. The number of aromatic nitrogens is 3. The first kappa shape index (κ1) is 13.3. The zero-order chi connectivity index (χ0) is 14.0. The van der Waals surface area contributed by atoms with Gasteiger partial charge in [0.2, 0.25) is 0 Å². The highest BCUT2D eigenvalue weighted by Crippen LogP contribution is 2.18. The number of hydrogen-bond donors (Lipinski definition) is 3. The molecule has 0 saturated carbocycles. The van der Waals surface area contributed by atoms with E-state index in [0.29, 0.717) is 5.82 Å². The van der Waals surface area contributed by atoms with Gasteiger partial charge in [0, 0.05) is 20.0 Å². The Morgan fingerprint density at radius 1 is 1.58 bits per heavy atom. The van der Waals surface area contributed by atoms with Crippen LogP contribution in [0.1, 0.15) is 12.2 Å². The van der Waals surface area contributed by atoms with Crippen molar-refractivity contribution in [1.82, 2.24) is 25.0 Å². The first-order chi connectivity index (χ1) is 8.97. The van der Waals surface area contributed by atoms with Crippen LogP contribution in [0.2, 0.25) is 0 Å². The van der Waals surface area contributed by atoms with Crippen molar-refractivity contribution in [2.75, 3.05) is 6.54 Å². The zero-order valence-electron chi connectivity index (χ0n) is 10.4. The van der Waals surface area contributed by atoms with E-state index in [2.05, 4.69) is 15.4 Å². The number of aliphatic hydroxyl groups is 1. The van der Waals surface area contributed by atoms with Crippen LogP contribution in [0.25, 0.3) is 0 Å². The van der Waals surface area contributed by atoms with Crippen LogP contribution in [0, 0.1) is 0 Å². The van der Waals surface area contributed by atoms with Gasteiger partial charge in [-0.05, 0) is 0 Å². The monoisotopic (exact) mass is 269 g/mol. The predicted molar refractivity (Wildman–Crippen MR) is 62.0 cm³/mol. The van der Waals surface area contributed by atoms with Gasteiger partial charge >= 0.3 is 12.0 Å². The highest BCUT2D eigenvalue weighted by atomic mass is 16.4. The van der Waals surface area contributed by atoms with Gasteiger partial charge in [-0.15, -0.1) is 0 Å². The van der Waals surface area contributed by atoms with Gasteiger partial charge in [-0.3, -0.25) is 4.68 Å². The normalized spacial score (nSPS) is 22.5. The highest BCUT2D eigenvalue weighted by molar-refractivity contribution is 5.83. The van der Waals surface area contributed by atoms with Crippen LogP contribution in [0.3, 0.4) is 0 Å². The van der Waals surface area contributed by atoms with Crippen molar-refractivity contribution >= 4 is 12.0 Å². The molecule has 19 heavy (non-hydrogen) atoms. The second kappa shape index (κ2) is 5.22. The van der Waals surface area contributed by atoms with E-state index in [1.807, 2.05) is 0 Å². The first-order valence-electron chi connectivity index (χ1n) is 5.77. The molecule has 104 valence electrons. The zero-order valence-corrected chi connectivity index (χ0v) is 10.4. The molecule has 1 unspecified atom stereocenters. The molecule has 0 aromatic carbocycles. The smallest absolute Gasteiger partial charge is 0.326 e. The number of carbonyl (C=O) groups excluding carboxylic acids is 1. The number of likely N-dealkylation sites (tertiary alicyclic amines) is 1.